The molecule has 1 aromatic carbocycles. The van der Waals surface area contributed by atoms with Crippen LogP contribution in [0.1, 0.15) is 17.7 Å². The number of nitrogens with zero attached hydrogens (tertiary/aromatic N) is 2. The van der Waals surface area contributed by atoms with Crippen LogP contribution in [0, 0.1) is 13.8 Å². The summed E-state index contributed by atoms with van der Waals surface area (Å²) in [6.45, 7) is 5.78. The summed E-state index contributed by atoms with van der Waals surface area (Å²) in [7, 11) is 0. The average molecular weight is 203 g/mol. The molecule has 2 aromatic rings. The van der Waals surface area contributed by atoms with Crippen LogP contribution in [0.5, 0.6) is 0 Å². The van der Waals surface area contributed by atoms with Crippen LogP contribution in [-0.2, 0) is 6.54 Å². The molecule has 1 aromatic heterocycles. The second-order valence-corrected chi connectivity index (χ2v) is 3.97. The van der Waals surface area contributed by atoms with E-state index in [0.29, 0.717) is 6.54 Å². The van der Waals surface area contributed by atoms with Crippen LogP contribution in [-0.4, -0.2) is 16.3 Å². The van der Waals surface area contributed by atoms with Gasteiger partial charge in [-0.1, -0.05) is 12.1 Å². The van der Waals surface area contributed by atoms with E-state index in [0.717, 1.165) is 18.7 Å². The number of rotatable bonds is 3. The first kappa shape index (κ1) is 10.2. The summed E-state index contributed by atoms with van der Waals surface area (Å²) in [5.74, 6) is 0. The molecule has 0 atom stereocenters. The van der Waals surface area contributed by atoms with Crippen molar-refractivity contribution in [1.29, 1.82) is 0 Å². The van der Waals surface area contributed by atoms with Crippen molar-refractivity contribution in [2.75, 3.05) is 6.54 Å². The van der Waals surface area contributed by atoms with Gasteiger partial charge in [0.25, 0.3) is 0 Å². The minimum absolute atomic E-state index is 0.715. The van der Waals surface area contributed by atoms with Gasteiger partial charge in [-0.2, -0.15) is 5.10 Å². The molecule has 0 unspecified atom stereocenters. The standard InChI is InChI=1S/C12H17N3/c1-9-4-5-11-10(2)14-15(7-3-6-13)12(11)8-9/h4-5,8H,3,6-7,13H2,1-2H3. The highest BCUT2D eigenvalue weighted by atomic mass is 15.3. The van der Waals surface area contributed by atoms with Crippen LogP contribution in [0.2, 0.25) is 0 Å². The van der Waals surface area contributed by atoms with E-state index in [1.54, 1.807) is 0 Å². The number of aryl methyl sites for hydroxylation is 3. The lowest BCUT2D eigenvalue weighted by Crippen LogP contribution is -2.06. The molecule has 0 aliphatic carbocycles. The largest absolute Gasteiger partial charge is 0.330 e. The highest BCUT2D eigenvalue weighted by Crippen LogP contribution is 2.19. The van der Waals surface area contributed by atoms with Crippen molar-refractivity contribution in [2.24, 2.45) is 5.73 Å². The number of benzene rings is 1. The SMILES string of the molecule is Cc1ccc2c(C)nn(CCCN)c2c1. The van der Waals surface area contributed by atoms with Crippen molar-refractivity contribution >= 4 is 10.9 Å². The van der Waals surface area contributed by atoms with Gasteiger partial charge in [0.2, 0.25) is 0 Å². The van der Waals surface area contributed by atoms with E-state index in [2.05, 4.69) is 41.8 Å². The number of nitrogens with two attached hydrogens (primary N) is 1. The third-order valence-electron chi connectivity index (χ3n) is 2.67. The Morgan fingerprint density at radius 2 is 2.13 bits per heavy atom. The molecule has 0 saturated heterocycles. The zero-order chi connectivity index (χ0) is 10.8. The van der Waals surface area contributed by atoms with Crippen molar-refractivity contribution in [3.05, 3.63) is 29.5 Å². The van der Waals surface area contributed by atoms with E-state index in [1.165, 1.54) is 16.5 Å². The summed E-state index contributed by atoms with van der Waals surface area (Å²) in [5, 5.41) is 5.78. The number of hydrogen-bond donors (Lipinski definition) is 1. The Morgan fingerprint density at radius 1 is 1.33 bits per heavy atom. The van der Waals surface area contributed by atoms with Crippen molar-refractivity contribution < 1.29 is 0 Å². The molecule has 3 nitrogen and oxygen atoms in total. The molecule has 0 fully saturated rings. The molecule has 2 N–H and O–H groups in total. The Hall–Kier alpha value is -1.35. The van der Waals surface area contributed by atoms with Crippen LogP contribution in [0.15, 0.2) is 18.2 Å². The van der Waals surface area contributed by atoms with E-state index in [4.69, 9.17) is 5.73 Å². The Labute approximate surface area is 89.9 Å². The molecule has 3 heteroatoms. The van der Waals surface area contributed by atoms with E-state index < -0.39 is 0 Å². The number of aromatic nitrogens is 2. The van der Waals surface area contributed by atoms with E-state index >= 15 is 0 Å². The van der Waals surface area contributed by atoms with Gasteiger partial charge in [0, 0.05) is 11.9 Å². The zero-order valence-corrected chi connectivity index (χ0v) is 9.33. The fraction of sp³-hybridized carbons (Fsp3) is 0.417. The monoisotopic (exact) mass is 203 g/mol. The summed E-state index contributed by atoms with van der Waals surface area (Å²) >= 11 is 0. The molecule has 1 heterocycles. The van der Waals surface area contributed by atoms with Crippen molar-refractivity contribution in [3.8, 4) is 0 Å². The van der Waals surface area contributed by atoms with Crippen LogP contribution in [0.4, 0.5) is 0 Å². The molecule has 0 spiro atoms. The topological polar surface area (TPSA) is 43.8 Å². The van der Waals surface area contributed by atoms with Crippen LogP contribution >= 0.6 is 0 Å². The molecular weight excluding hydrogens is 186 g/mol. The lowest BCUT2D eigenvalue weighted by atomic mass is 10.1. The molecule has 80 valence electrons. The maximum atomic E-state index is 5.52. The van der Waals surface area contributed by atoms with Gasteiger partial charge >= 0.3 is 0 Å². The van der Waals surface area contributed by atoms with Crippen LogP contribution in [0.25, 0.3) is 10.9 Å². The van der Waals surface area contributed by atoms with Gasteiger partial charge in [-0.25, -0.2) is 0 Å². The molecule has 0 aliphatic heterocycles. The highest BCUT2D eigenvalue weighted by molar-refractivity contribution is 5.82. The Bertz CT molecular complexity index is 471. The Balaban J connectivity index is 2.49. The Morgan fingerprint density at radius 3 is 2.87 bits per heavy atom. The molecule has 15 heavy (non-hydrogen) atoms. The maximum absolute atomic E-state index is 5.52. The van der Waals surface area contributed by atoms with E-state index in [9.17, 15) is 0 Å². The molecule has 0 bridgehead atoms. The van der Waals surface area contributed by atoms with Gasteiger partial charge in [0.1, 0.15) is 0 Å². The van der Waals surface area contributed by atoms with Gasteiger partial charge in [0.05, 0.1) is 11.2 Å². The van der Waals surface area contributed by atoms with E-state index in [-0.39, 0.29) is 0 Å². The van der Waals surface area contributed by atoms with Gasteiger partial charge in [0.15, 0.2) is 0 Å². The molecule has 2 rings (SSSR count). The summed E-state index contributed by atoms with van der Waals surface area (Å²) in [6, 6.07) is 6.46. The first-order valence-corrected chi connectivity index (χ1v) is 5.36. The third kappa shape index (κ3) is 1.88. The van der Waals surface area contributed by atoms with Gasteiger partial charge in [-0.05, 0) is 38.4 Å². The highest BCUT2D eigenvalue weighted by Gasteiger charge is 2.06. The van der Waals surface area contributed by atoms with Crippen molar-refractivity contribution in [2.45, 2.75) is 26.8 Å². The fourth-order valence-corrected chi connectivity index (χ4v) is 1.86. The molecule has 0 aliphatic rings. The summed E-state index contributed by atoms with van der Waals surface area (Å²) in [4.78, 5) is 0. The molecule has 0 saturated carbocycles. The predicted octanol–water partition coefficient (Wildman–Crippen LogP) is 2.00. The minimum atomic E-state index is 0.715. The second-order valence-electron chi connectivity index (χ2n) is 3.97. The van der Waals surface area contributed by atoms with Gasteiger partial charge in [-0.15, -0.1) is 0 Å². The number of hydrogen-bond acceptors (Lipinski definition) is 2. The number of fused-ring (bicyclic) bond motifs is 1. The second kappa shape index (κ2) is 4.03. The first-order valence-electron chi connectivity index (χ1n) is 5.36. The third-order valence-corrected chi connectivity index (χ3v) is 2.67. The van der Waals surface area contributed by atoms with Crippen LogP contribution < -0.4 is 5.73 Å². The first-order chi connectivity index (χ1) is 7.22. The summed E-state index contributed by atoms with van der Waals surface area (Å²) < 4.78 is 2.06. The van der Waals surface area contributed by atoms with Crippen LogP contribution in [0.3, 0.4) is 0 Å². The molecular formula is C12H17N3. The normalized spacial score (nSPS) is 11.1. The van der Waals surface area contributed by atoms with E-state index in [1.807, 2.05) is 0 Å². The zero-order valence-electron chi connectivity index (χ0n) is 9.33. The van der Waals surface area contributed by atoms with Crippen molar-refractivity contribution in [1.82, 2.24) is 9.78 Å². The van der Waals surface area contributed by atoms with Gasteiger partial charge in [-0.3, -0.25) is 4.68 Å². The maximum Gasteiger partial charge on any atom is 0.0687 e. The van der Waals surface area contributed by atoms with Crippen molar-refractivity contribution in [3.63, 3.8) is 0 Å². The molecule has 0 radical (unpaired) electrons. The molecule has 0 amide bonds. The summed E-state index contributed by atoms with van der Waals surface area (Å²) in [5.41, 5.74) is 9.11. The average Bonchev–Trinajstić information content (AvgIpc) is 2.52. The minimum Gasteiger partial charge on any atom is -0.330 e. The summed E-state index contributed by atoms with van der Waals surface area (Å²) in [6.07, 6.45) is 0.976. The lowest BCUT2D eigenvalue weighted by molar-refractivity contribution is 0.598. The predicted molar refractivity (Wildman–Crippen MR) is 62.9 cm³/mol. The quantitative estimate of drug-likeness (QED) is 0.829. The smallest absolute Gasteiger partial charge is 0.0687 e. The lowest BCUT2D eigenvalue weighted by Gasteiger charge is -2.02. The van der Waals surface area contributed by atoms with Gasteiger partial charge < -0.3 is 5.73 Å². The fourth-order valence-electron chi connectivity index (χ4n) is 1.86. The Kier molecular flexibility index (Phi) is 2.73.